The molecule has 38 heavy (non-hydrogen) atoms. The van der Waals surface area contributed by atoms with E-state index in [0.29, 0.717) is 46.1 Å². The summed E-state index contributed by atoms with van der Waals surface area (Å²) in [4.78, 5) is 25.6. The fraction of sp³-hybridized carbons (Fsp3) is 0.500. The van der Waals surface area contributed by atoms with Crippen LogP contribution in [-0.4, -0.2) is 30.9 Å². The summed E-state index contributed by atoms with van der Waals surface area (Å²) in [5.41, 5.74) is 3.70. The number of rotatable bonds is 11. The number of benzene rings is 1. The number of allylic oxidation sites excluding steroid dienone is 4. The summed E-state index contributed by atoms with van der Waals surface area (Å²) in [7, 11) is 0. The number of halogens is 1. The van der Waals surface area contributed by atoms with Crippen molar-refractivity contribution in [1.82, 2.24) is 10.6 Å². The second kappa shape index (κ2) is 12.2. The molecule has 3 unspecified atom stereocenters. The fourth-order valence-corrected chi connectivity index (χ4v) is 5.93. The van der Waals surface area contributed by atoms with Gasteiger partial charge in [0.15, 0.2) is 17.3 Å². The molecule has 4 rings (SSSR count). The number of nitrogens with zero attached hydrogens (tertiary/aromatic N) is 1. The number of hydrogen-bond acceptors (Lipinski definition) is 6. The Morgan fingerprint density at radius 3 is 2.71 bits per heavy atom. The van der Waals surface area contributed by atoms with Gasteiger partial charge in [-0.3, -0.25) is 9.59 Å². The summed E-state index contributed by atoms with van der Waals surface area (Å²) in [5, 5.41) is 16.4. The van der Waals surface area contributed by atoms with Crippen LogP contribution >= 0.6 is 15.9 Å². The Bertz CT molecular complexity index is 1220. The van der Waals surface area contributed by atoms with E-state index in [0.717, 1.165) is 49.1 Å². The Labute approximate surface area is 233 Å². The molecule has 1 fully saturated rings. The zero-order valence-corrected chi connectivity index (χ0v) is 23.9. The number of dihydropyridines is 1. The molecule has 3 atom stereocenters. The highest BCUT2D eigenvalue weighted by Gasteiger charge is 2.39. The first-order chi connectivity index (χ1) is 18.3. The molecule has 1 aromatic rings. The van der Waals surface area contributed by atoms with Crippen LogP contribution < -0.4 is 20.1 Å². The molecule has 202 valence electrons. The van der Waals surface area contributed by atoms with Crippen LogP contribution in [0.25, 0.3) is 0 Å². The first-order valence-electron chi connectivity index (χ1n) is 13.5. The first kappa shape index (κ1) is 28.0. The molecule has 0 radical (unpaired) electrons. The van der Waals surface area contributed by atoms with Gasteiger partial charge in [-0.1, -0.05) is 19.4 Å². The normalized spacial score (nSPS) is 21.7. The van der Waals surface area contributed by atoms with Crippen LogP contribution in [0.5, 0.6) is 11.5 Å². The monoisotopic (exact) mass is 581 g/mol. The first-order valence-corrected chi connectivity index (χ1v) is 14.3. The van der Waals surface area contributed by atoms with Gasteiger partial charge in [0.2, 0.25) is 5.91 Å². The number of ketones is 1. The van der Waals surface area contributed by atoms with Crippen molar-refractivity contribution in [2.75, 3.05) is 13.2 Å². The molecule has 1 amide bonds. The molecular formula is C30H36BrN3O4. The number of ether oxygens (including phenoxy) is 2. The molecule has 1 heterocycles. The van der Waals surface area contributed by atoms with E-state index >= 15 is 0 Å². The number of carbonyl (C=O) groups excluding carboxylic acids is 2. The van der Waals surface area contributed by atoms with Crippen molar-refractivity contribution in [3.05, 3.63) is 57.4 Å². The molecule has 2 aliphatic carbocycles. The Morgan fingerprint density at radius 1 is 1.32 bits per heavy atom. The minimum atomic E-state index is -0.477. The van der Waals surface area contributed by atoms with Crippen molar-refractivity contribution < 1.29 is 19.1 Å². The van der Waals surface area contributed by atoms with Crippen LogP contribution in [0.15, 0.2) is 51.8 Å². The lowest BCUT2D eigenvalue weighted by Crippen LogP contribution is -2.38. The van der Waals surface area contributed by atoms with Crippen molar-refractivity contribution in [2.45, 2.75) is 71.3 Å². The van der Waals surface area contributed by atoms with Crippen LogP contribution in [-0.2, 0) is 9.59 Å². The van der Waals surface area contributed by atoms with Gasteiger partial charge in [0, 0.05) is 29.3 Å². The lowest BCUT2D eigenvalue weighted by molar-refractivity contribution is -0.123. The Kier molecular flexibility index (Phi) is 8.99. The predicted molar refractivity (Wildman–Crippen MR) is 150 cm³/mol. The van der Waals surface area contributed by atoms with Crippen molar-refractivity contribution in [2.24, 2.45) is 11.8 Å². The van der Waals surface area contributed by atoms with E-state index in [1.807, 2.05) is 26.0 Å². The Hall–Kier alpha value is -3.05. The van der Waals surface area contributed by atoms with Crippen LogP contribution in [0.3, 0.4) is 0 Å². The molecule has 8 heteroatoms. The van der Waals surface area contributed by atoms with Gasteiger partial charge in [-0.25, -0.2) is 0 Å². The van der Waals surface area contributed by atoms with E-state index < -0.39 is 5.92 Å². The molecule has 1 saturated carbocycles. The topological polar surface area (TPSA) is 100 Å². The number of Topliss-reactive ketones (excluding diaryl/α,β-unsaturated/α-hetero) is 1. The third-order valence-corrected chi connectivity index (χ3v) is 7.95. The van der Waals surface area contributed by atoms with Crippen molar-refractivity contribution in [3.8, 4) is 17.6 Å². The fourth-order valence-electron chi connectivity index (χ4n) is 5.36. The summed E-state index contributed by atoms with van der Waals surface area (Å²) in [6, 6.07) is 5.78. The van der Waals surface area contributed by atoms with Crippen LogP contribution in [0.1, 0.15) is 70.8 Å². The molecule has 0 aromatic heterocycles. The summed E-state index contributed by atoms with van der Waals surface area (Å²) in [5.74, 6) is 1.07. The second-order valence-electron chi connectivity index (χ2n) is 10.3. The maximum absolute atomic E-state index is 13.4. The maximum atomic E-state index is 13.4. The smallest absolute Gasteiger partial charge is 0.223 e. The van der Waals surface area contributed by atoms with Gasteiger partial charge >= 0.3 is 0 Å². The molecular weight excluding hydrogens is 546 g/mol. The van der Waals surface area contributed by atoms with Crippen molar-refractivity contribution >= 4 is 27.6 Å². The lowest BCUT2D eigenvalue weighted by Gasteiger charge is -2.35. The largest absolute Gasteiger partial charge is 0.490 e. The summed E-state index contributed by atoms with van der Waals surface area (Å²) in [6.45, 7) is 10.4. The highest BCUT2D eigenvalue weighted by Crippen LogP contribution is 2.47. The highest BCUT2D eigenvalue weighted by molar-refractivity contribution is 9.10. The Morgan fingerprint density at radius 2 is 2.08 bits per heavy atom. The molecule has 1 aromatic carbocycles. The van der Waals surface area contributed by atoms with Crippen molar-refractivity contribution in [1.29, 1.82) is 5.26 Å². The molecule has 0 bridgehead atoms. The number of carbonyl (C=O) groups is 2. The minimum absolute atomic E-state index is 0.0254. The molecule has 3 aliphatic rings. The standard InChI is InChI=1S/C30H36BrN3O4/c1-5-8-18-11-24-28(25(35)12-18)27(22(15-32)17(4)33-24)20-13-23(31)29(26(14-20)37-7-3)38-16-21(6-2)34-30(36)19-9-10-19/h6,13-14,18-19,21,27,33H,2,5,7-12,16H2,1,3-4H3,(H,34,36). The lowest BCUT2D eigenvalue weighted by atomic mass is 9.72. The SMILES string of the molecule is C=CC(COc1c(Br)cc(C2C(C#N)=C(C)NC3=C2C(=O)CC(CCC)C3)cc1OCC)NC(=O)C1CC1. The summed E-state index contributed by atoms with van der Waals surface area (Å²) in [6.07, 6.45) is 6.85. The van der Waals surface area contributed by atoms with Crippen LogP contribution in [0.2, 0.25) is 0 Å². The van der Waals surface area contributed by atoms with Gasteiger partial charge in [-0.15, -0.1) is 6.58 Å². The average molecular weight is 583 g/mol. The van der Waals surface area contributed by atoms with Gasteiger partial charge in [0.25, 0.3) is 0 Å². The Balaban J connectivity index is 1.67. The van der Waals surface area contributed by atoms with Gasteiger partial charge in [0.1, 0.15) is 6.61 Å². The number of nitriles is 1. The maximum Gasteiger partial charge on any atom is 0.223 e. The van der Waals surface area contributed by atoms with Crippen LogP contribution in [0.4, 0.5) is 0 Å². The van der Waals surface area contributed by atoms with E-state index in [1.54, 1.807) is 6.08 Å². The van der Waals surface area contributed by atoms with E-state index in [-0.39, 0.29) is 30.3 Å². The van der Waals surface area contributed by atoms with Gasteiger partial charge in [-0.05, 0) is 79.1 Å². The molecule has 0 saturated heterocycles. The zero-order chi connectivity index (χ0) is 27.4. The quantitative estimate of drug-likeness (QED) is 0.319. The molecule has 0 spiro atoms. The third kappa shape index (κ3) is 5.99. The molecule has 7 nitrogen and oxygen atoms in total. The minimum Gasteiger partial charge on any atom is -0.490 e. The van der Waals surface area contributed by atoms with Gasteiger partial charge < -0.3 is 20.1 Å². The average Bonchev–Trinajstić information content (AvgIpc) is 3.72. The predicted octanol–water partition coefficient (Wildman–Crippen LogP) is 5.83. The second-order valence-corrected chi connectivity index (χ2v) is 11.1. The van der Waals surface area contributed by atoms with E-state index in [9.17, 15) is 14.9 Å². The summed E-state index contributed by atoms with van der Waals surface area (Å²) >= 11 is 3.65. The zero-order valence-electron chi connectivity index (χ0n) is 22.4. The molecule has 1 aliphatic heterocycles. The molecule has 2 N–H and O–H groups in total. The number of nitrogens with one attached hydrogen (secondary N) is 2. The van der Waals surface area contributed by atoms with Gasteiger partial charge in [0.05, 0.1) is 34.7 Å². The van der Waals surface area contributed by atoms with Gasteiger partial charge in [-0.2, -0.15) is 5.26 Å². The van der Waals surface area contributed by atoms with Crippen molar-refractivity contribution in [3.63, 3.8) is 0 Å². The van der Waals surface area contributed by atoms with E-state index in [4.69, 9.17) is 9.47 Å². The van der Waals surface area contributed by atoms with E-state index in [2.05, 4.69) is 46.1 Å². The number of hydrogen-bond donors (Lipinski definition) is 2. The highest BCUT2D eigenvalue weighted by atomic mass is 79.9. The van der Waals surface area contributed by atoms with Crippen LogP contribution in [0, 0.1) is 23.2 Å². The third-order valence-electron chi connectivity index (χ3n) is 7.36. The number of amides is 1. The van der Waals surface area contributed by atoms with E-state index in [1.165, 1.54) is 0 Å². The summed E-state index contributed by atoms with van der Waals surface area (Å²) < 4.78 is 12.8.